The number of nitro groups is 1. The van der Waals surface area contributed by atoms with Gasteiger partial charge in [-0.25, -0.2) is 19.5 Å². The van der Waals surface area contributed by atoms with Gasteiger partial charge in [-0.2, -0.15) is 0 Å². The molecule has 0 saturated carbocycles. The molecule has 0 amide bonds. The minimum Gasteiger partial charge on any atom is -0.336 e. The molecule has 1 saturated heterocycles. The van der Waals surface area contributed by atoms with Gasteiger partial charge in [-0.3, -0.25) is 0 Å². The Morgan fingerprint density at radius 2 is 2.21 bits per heavy atom. The van der Waals surface area contributed by atoms with Crippen molar-refractivity contribution in [2.45, 2.75) is 6.54 Å². The van der Waals surface area contributed by atoms with Crippen molar-refractivity contribution >= 4 is 34.6 Å². The number of hydrazone groups is 1. The van der Waals surface area contributed by atoms with Gasteiger partial charge in [0.05, 0.1) is 19.9 Å². The Bertz CT molecular complexity index is 768. The zero-order chi connectivity index (χ0) is 17.1. The maximum atomic E-state index is 13.1. The number of hydrogen-bond acceptors (Lipinski definition) is 5. The number of anilines is 1. The molecular weight excluding hydrogens is 359 g/mol. The summed E-state index contributed by atoms with van der Waals surface area (Å²) in [6.07, 6.45) is 1.62. The Morgan fingerprint density at radius 3 is 2.83 bits per heavy atom. The minimum absolute atomic E-state index is 0.155. The van der Waals surface area contributed by atoms with Crippen LogP contribution < -0.4 is 10.2 Å². The fourth-order valence-electron chi connectivity index (χ4n) is 2.27. The van der Waals surface area contributed by atoms with Gasteiger partial charge in [-0.1, -0.05) is 11.6 Å². The van der Waals surface area contributed by atoms with Gasteiger partial charge >= 0.3 is 0 Å². The van der Waals surface area contributed by atoms with E-state index in [-0.39, 0.29) is 11.8 Å². The minimum atomic E-state index is -0.747. The van der Waals surface area contributed by atoms with Crippen LogP contribution in [0, 0.1) is 15.9 Å². The number of nitrogens with one attached hydrogen (secondary N) is 1. The SMILES string of the molecule is O=[N+]([O-])/N=C1\NCN(c2ccc(F)cc2)CN1Cc1cnc(Cl)s1. The molecule has 2 heterocycles. The van der Waals surface area contributed by atoms with Gasteiger partial charge in [0.2, 0.25) is 0 Å². The zero-order valence-corrected chi connectivity index (χ0v) is 13.8. The average molecular weight is 371 g/mol. The molecule has 1 fully saturated rings. The molecule has 24 heavy (non-hydrogen) atoms. The molecule has 1 N–H and O–H groups in total. The first-order valence-electron chi connectivity index (χ1n) is 6.84. The number of nitrogens with zero attached hydrogens (tertiary/aromatic N) is 5. The summed E-state index contributed by atoms with van der Waals surface area (Å²) in [4.78, 5) is 19.1. The second-order valence-electron chi connectivity index (χ2n) is 4.93. The Balaban J connectivity index is 1.81. The lowest BCUT2D eigenvalue weighted by atomic mass is 10.3. The van der Waals surface area contributed by atoms with Crippen molar-refractivity contribution in [1.82, 2.24) is 15.2 Å². The maximum Gasteiger partial charge on any atom is 0.274 e. The molecule has 0 atom stereocenters. The molecule has 1 aliphatic heterocycles. The smallest absolute Gasteiger partial charge is 0.274 e. The van der Waals surface area contributed by atoms with Gasteiger partial charge < -0.3 is 15.1 Å². The van der Waals surface area contributed by atoms with Crippen LogP contribution in [0.5, 0.6) is 0 Å². The predicted molar refractivity (Wildman–Crippen MR) is 88.8 cm³/mol. The van der Waals surface area contributed by atoms with E-state index in [1.165, 1.54) is 23.5 Å². The molecule has 2 aromatic rings. The molecule has 1 aromatic carbocycles. The van der Waals surface area contributed by atoms with E-state index in [0.717, 1.165) is 10.6 Å². The van der Waals surface area contributed by atoms with Gasteiger partial charge in [0.25, 0.3) is 5.96 Å². The van der Waals surface area contributed by atoms with E-state index < -0.39 is 5.03 Å². The lowest BCUT2D eigenvalue weighted by Gasteiger charge is -2.38. The summed E-state index contributed by atoms with van der Waals surface area (Å²) >= 11 is 7.12. The van der Waals surface area contributed by atoms with Crippen molar-refractivity contribution in [2.75, 3.05) is 18.2 Å². The monoisotopic (exact) mass is 370 g/mol. The van der Waals surface area contributed by atoms with Crippen LogP contribution in [0.4, 0.5) is 10.1 Å². The third-order valence-corrected chi connectivity index (χ3v) is 4.41. The topological polar surface area (TPSA) is 86.9 Å². The number of benzene rings is 1. The average Bonchev–Trinajstić information content (AvgIpc) is 2.94. The second kappa shape index (κ2) is 6.97. The highest BCUT2D eigenvalue weighted by Gasteiger charge is 2.25. The Hall–Kier alpha value is -2.46. The number of rotatable bonds is 4. The van der Waals surface area contributed by atoms with Crippen LogP contribution in [-0.2, 0) is 6.54 Å². The quantitative estimate of drug-likeness (QED) is 0.656. The zero-order valence-electron chi connectivity index (χ0n) is 12.2. The lowest BCUT2D eigenvalue weighted by Crippen LogP contribution is -2.57. The number of guanidine groups is 1. The third-order valence-electron chi connectivity index (χ3n) is 3.31. The molecule has 126 valence electrons. The van der Waals surface area contributed by atoms with Gasteiger partial charge in [0, 0.05) is 16.8 Å². The van der Waals surface area contributed by atoms with Crippen molar-refractivity contribution in [3.05, 3.63) is 55.7 Å². The van der Waals surface area contributed by atoms with E-state index in [0.29, 0.717) is 24.3 Å². The summed E-state index contributed by atoms with van der Waals surface area (Å²) in [6.45, 7) is 1.03. The Labute approximate surface area is 145 Å². The van der Waals surface area contributed by atoms with Crippen molar-refractivity contribution in [2.24, 2.45) is 5.10 Å². The summed E-state index contributed by atoms with van der Waals surface area (Å²) in [5.41, 5.74) is 0.788. The van der Waals surface area contributed by atoms with Crippen molar-refractivity contribution in [1.29, 1.82) is 0 Å². The van der Waals surface area contributed by atoms with Crippen LogP contribution in [0.2, 0.25) is 4.47 Å². The fraction of sp³-hybridized carbons (Fsp3) is 0.231. The van der Waals surface area contributed by atoms with E-state index in [1.807, 2.05) is 4.90 Å². The normalized spacial score (nSPS) is 16.3. The maximum absolute atomic E-state index is 13.1. The van der Waals surface area contributed by atoms with E-state index in [4.69, 9.17) is 11.6 Å². The van der Waals surface area contributed by atoms with Crippen LogP contribution in [0.1, 0.15) is 4.88 Å². The highest BCUT2D eigenvalue weighted by molar-refractivity contribution is 7.15. The lowest BCUT2D eigenvalue weighted by molar-refractivity contribution is -0.486. The predicted octanol–water partition coefficient (Wildman–Crippen LogP) is 2.31. The summed E-state index contributed by atoms with van der Waals surface area (Å²) in [5, 5.41) is 16.3. The highest BCUT2D eigenvalue weighted by atomic mass is 35.5. The van der Waals surface area contributed by atoms with Crippen molar-refractivity contribution in [3.8, 4) is 0 Å². The van der Waals surface area contributed by atoms with Gasteiger partial charge in [0.1, 0.15) is 10.9 Å². The van der Waals surface area contributed by atoms with Gasteiger partial charge in [-0.15, -0.1) is 11.3 Å². The van der Waals surface area contributed by atoms with Crippen LogP contribution >= 0.6 is 22.9 Å². The van der Waals surface area contributed by atoms with Crippen LogP contribution in [0.25, 0.3) is 0 Å². The Morgan fingerprint density at radius 1 is 1.46 bits per heavy atom. The first kappa shape index (κ1) is 16.4. The standard InChI is InChI=1S/C13H12ClFN6O2S/c14-12-16-5-11(24-12)6-19-8-20(7-17-13(19)18-21(22)23)10-3-1-9(15)2-4-10/h1-5H,6-8H2,(H,17,18). The number of hydrogen-bond donors (Lipinski definition) is 1. The molecule has 8 nitrogen and oxygen atoms in total. The number of aromatic nitrogens is 1. The second-order valence-corrected chi connectivity index (χ2v) is 6.63. The van der Waals surface area contributed by atoms with Crippen molar-refractivity contribution in [3.63, 3.8) is 0 Å². The van der Waals surface area contributed by atoms with Crippen molar-refractivity contribution < 1.29 is 9.42 Å². The molecule has 1 aromatic heterocycles. The number of thiazole rings is 1. The largest absolute Gasteiger partial charge is 0.336 e. The third kappa shape index (κ3) is 3.89. The molecule has 0 bridgehead atoms. The molecule has 0 spiro atoms. The van der Waals surface area contributed by atoms with Crippen LogP contribution in [-0.4, -0.2) is 34.2 Å². The van der Waals surface area contributed by atoms with Gasteiger partial charge in [-0.05, 0) is 24.3 Å². The first-order valence-corrected chi connectivity index (χ1v) is 8.03. The summed E-state index contributed by atoms with van der Waals surface area (Å²) in [6, 6.07) is 6.02. The van der Waals surface area contributed by atoms with E-state index >= 15 is 0 Å². The number of halogens is 2. The molecule has 0 unspecified atom stereocenters. The first-order chi connectivity index (χ1) is 11.5. The molecule has 0 aliphatic carbocycles. The van der Waals surface area contributed by atoms with Crippen LogP contribution in [0.15, 0.2) is 35.6 Å². The van der Waals surface area contributed by atoms with Crippen LogP contribution in [0.3, 0.4) is 0 Å². The Kier molecular flexibility index (Phi) is 4.76. The molecule has 0 radical (unpaired) electrons. The fourth-order valence-corrected chi connectivity index (χ4v) is 3.27. The van der Waals surface area contributed by atoms with E-state index in [1.54, 1.807) is 23.2 Å². The molecule has 11 heteroatoms. The molecular formula is C13H12ClFN6O2S. The molecule has 3 rings (SSSR count). The molecule has 1 aliphatic rings. The van der Waals surface area contributed by atoms with E-state index in [9.17, 15) is 14.5 Å². The van der Waals surface area contributed by atoms with Gasteiger partial charge in [0.15, 0.2) is 9.50 Å². The summed E-state index contributed by atoms with van der Waals surface area (Å²) < 4.78 is 13.5. The van der Waals surface area contributed by atoms with E-state index in [2.05, 4.69) is 15.4 Å². The summed E-state index contributed by atoms with van der Waals surface area (Å²) in [7, 11) is 0. The summed E-state index contributed by atoms with van der Waals surface area (Å²) in [5.74, 6) is -0.168. The highest BCUT2D eigenvalue weighted by Crippen LogP contribution is 2.22.